The number of likely N-dealkylation sites (tertiary alicyclic amines) is 1. The minimum atomic E-state index is -1.39. The molecule has 2 heterocycles. The molecule has 1 aromatic carbocycles. The molecule has 2 saturated heterocycles. The van der Waals surface area contributed by atoms with Gasteiger partial charge in [-0.05, 0) is 37.0 Å². The number of nitrogens with zero attached hydrogens (tertiary/aromatic N) is 2. The molecule has 0 aromatic heterocycles. The van der Waals surface area contributed by atoms with Crippen molar-refractivity contribution in [2.45, 2.75) is 31.4 Å². The van der Waals surface area contributed by atoms with Crippen LogP contribution in [0.15, 0.2) is 24.3 Å². The van der Waals surface area contributed by atoms with Gasteiger partial charge in [-0.25, -0.2) is 4.39 Å². The molecule has 1 unspecified atom stereocenters. The molecule has 2 aliphatic rings. The summed E-state index contributed by atoms with van der Waals surface area (Å²) in [5.74, 6) is -0.560. The predicted molar refractivity (Wildman–Crippen MR) is 78.1 cm³/mol. The molecule has 0 saturated carbocycles. The summed E-state index contributed by atoms with van der Waals surface area (Å²) < 4.78 is 13.0. The van der Waals surface area contributed by atoms with Crippen molar-refractivity contribution in [2.24, 2.45) is 0 Å². The number of hydrogen-bond donors (Lipinski definition) is 1. The molecule has 1 N–H and O–H groups in total. The molecule has 2 aliphatic heterocycles. The zero-order valence-electron chi connectivity index (χ0n) is 12.5. The molecule has 0 radical (unpaired) electrons. The average molecular weight is 308 g/mol. The van der Waals surface area contributed by atoms with Gasteiger partial charge in [0.05, 0.1) is 13.2 Å². The van der Waals surface area contributed by atoms with Gasteiger partial charge in [-0.1, -0.05) is 12.1 Å². The molecule has 3 rings (SSSR count). The van der Waals surface area contributed by atoms with E-state index in [1.54, 1.807) is 22.1 Å². The Bertz CT molecular complexity index is 531. The van der Waals surface area contributed by atoms with Crippen molar-refractivity contribution in [1.29, 1.82) is 0 Å². The van der Waals surface area contributed by atoms with E-state index in [0.717, 1.165) is 24.9 Å². The minimum Gasteiger partial charge on any atom is -0.379 e. The number of halogens is 1. The number of benzene rings is 1. The zero-order valence-corrected chi connectivity index (χ0v) is 12.5. The minimum absolute atomic E-state index is 0.214. The van der Waals surface area contributed by atoms with Crippen LogP contribution in [0.25, 0.3) is 0 Å². The third kappa shape index (κ3) is 3.29. The van der Waals surface area contributed by atoms with Crippen molar-refractivity contribution < 1.29 is 19.1 Å². The van der Waals surface area contributed by atoms with Gasteiger partial charge < -0.3 is 10.0 Å². The van der Waals surface area contributed by atoms with Gasteiger partial charge in [0.2, 0.25) is 0 Å². The fraction of sp³-hybridized carbons (Fsp3) is 0.562. The van der Waals surface area contributed by atoms with Gasteiger partial charge in [0.15, 0.2) is 5.60 Å². The third-order valence-corrected chi connectivity index (χ3v) is 4.25. The Labute approximate surface area is 129 Å². The van der Waals surface area contributed by atoms with Crippen molar-refractivity contribution in [3.63, 3.8) is 0 Å². The first kappa shape index (κ1) is 15.4. The molecule has 0 aliphatic carbocycles. The van der Waals surface area contributed by atoms with Crippen LogP contribution in [0.2, 0.25) is 0 Å². The second-order valence-electron chi connectivity index (χ2n) is 6.04. The van der Waals surface area contributed by atoms with Crippen LogP contribution in [0.3, 0.4) is 0 Å². The smallest absolute Gasteiger partial charge is 0.256 e. The molecule has 1 amide bonds. The quantitative estimate of drug-likeness (QED) is 0.911. The normalized spacial score (nSPS) is 26.6. The highest BCUT2D eigenvalue weighted by Crippen LogP contribution is 2.26. The average Bonchev–Trinajstić information content (AvgIpc) is 2.99. The van der Waals surface area contributed by atoms with Gasteiger partial charge >= 0.3 is 0 Å². The number of piperidine rings is 1. The van der Waals surface area contributed by atoms with Gasteiger partial charge in [0.25, 0.3) is 5.91 Å². The van der Waals surface area contributed by atoms with Gasteiger partial charge in [-0.2, -0.15) is 5.06 Å². The number of β-amino-alcohol motifs (C(OH)–C–C–N with tert-alkyl or cyclic N) is 1. The first-order valence-electron chi connectivity index (χ1n) is 7.71. The molecule has 120 valence electrons. The van der Waals surface area contributed by atoms with Crippen LogP contribution in [0, 0.1) is 5.82 Å². The van der Waals surface area contributed by atoms with E-state index in [2.05, 4.69) is 0 Å². The Morgan fingerprint density at radius 3 is 2.68 bits per heavy atom. The summed E-state index contributed by atoms with van der Waals surface area (Å²) in [5, 5.41) is 12.4. The Morgan fingerprint density at radius 2 is 2.00 bits per heavy atom. The van der Waals surface area contributed by atoms with Crippen molar-refractivity contribution in [3.05, 3.63) is 35.6 Å². The lowest BCUT2D eigenvalue weighted by Crippen LogP contribution is -2.57. The van der Waals surface area contributed by atoms with E-state index in [1.165, 1.54) is 12.1 Å². The number of rotatable bonds is 4. The lowest BCUT2D eigenvalue weighted by Gasteiger charge is -2.39. The summed E-state index contributed by atoms with van der Waals surface area (Å²) in [6.45, 7) is 2.60. The second-order valence-corrected chi connectivity index (χ2v) is 6.04. The summed E-state index contributed by atoms with van der Waals surface area (Å²) >= 11 is 0. The lowest BCUT2D eigenvalue weighted by molar-refractivity contribution is -0.182. The predicted octanol–water partition coefficient (Wildman–Crippen LogP) is 1.32. The van der Waals surface area contributed by atoms with E-state index in [1.807, 2.05) is 0 Å². The highest BCUT2D eigenvalue weighted by Gasteiger charge is 2.44. The maximum absolute atomic E-state index is 13.0. The van der Waals surface area contributed by atoms with Crippen molar-refractivity contribution in [2.75, 3.05) is 26.2 Å². The molecule has 22 heavy (non-hydrogen) atoms. The summed E-state index contributed by atoms with van der Waals surface area (Å²) in [4.78, 5) is 19.7. The van der Waals surface area contributed by atoms with Crippen molar-refractivity contribution in [1.82, 2.24) is 9.96 Å². The fourth-order valence-corrected chi connectivity index (χ4v) is 3.09. The summed E-state index contributed by atoms with van der Waals surface area (Å²) in [6.07, 6.45) is 2.12. The van der Waals surface area contributed by atoms with Crippen LogP contribution in [0.1, 0.15) is 24.8 Å². The molecular formula is C16H21FN2O3. The number of carbonyl (C=O) groups is 1. The number of amides is 1. The van der Waals surface area contributed by atoms with E-state index in [-0.39, 0.29) is 18.3 Å². The number of aliphatic hydroxyl groups is 1. The molecular weight excluding hydrogens is 287 g/mol. The second kappa shape index (κ2) is 6.32. The monoisotopic (exact) mass is 308 g/mol. The van der Waals surface area contributed by atoms with Crippen LogP contribution in [-0.4, -0.2) is 52.8 Å². The van der Waals surface area contributed by atoms with Crippen LogP contribution in [-0.2, 0) is 16.2 Å². The lowest BCUT2D eigenvalue weighted by atomic mass is 9.91. The highest BCUT2D eigenvalue weighted by molar-refractivity contribution is 5.86. The van der Waals surface area contributed by atoms with E-state index < -0.39 is 5.60 Å². The zero-order chi connectivity index (χ0) is 15.6. The molecule has 0 bridgehead atoms. The van der Waals surface area contributed by atoms with Crippen molar-refractivity contribution >= 4 is 5.91 Å². The van der Waals surface area contributed by atoms with Crippen LogP contribution >= 0.6 is 0 Å². The van der Waals surface area contributed by atoms with Gasteiger partial charge in [0, 0.05) is 19.6 Å². The van der Waals surface area contributed by atoms with Gasteiger partial charge in [-0.15, -0.1) is 0 Å². The summed E-state index contributed by atoms with van der Waals surface area (Å²) in [6, 6.07) is 6.10. The van der Waals surface area contributed by atoms with Gasteiger partial charge in [0.1, 0.15) is 5.82 Å². The highest BCUT2D eigenvalue weighted by atomic mass is 19.1. The maximum atomic E-state index is 13.0. The van der Waals surface area contributed by atoms with E-state index in [0.29, 0.717) is 26.1 Å². The van der Waals surface area contributed by atoms with Crippen LogP contribution in [0.5, 0.6) is 0 Å². The molecule has 1 aromatic rings. The van der Waals surface area contributed by atoms with Crippen LogP contribution in [0.4, 0.5) is 4.39 Å². The third-order valence-electron chi connectivity index (χ3n) is 4.25. The fourth-order valence-electron chi connectivity index (χ4n) is 3.09. The Balaban J connectivity index is 1.67. The van der Waals surface area contributed by atoms with E-state index in [4.69, 9.17) is 4.84 Å². The number of carbonyl (C=O) groups excluding carboxylic acids is 1. The standard InChI is InChI=1S/C16H21FN2O3/c17-14-5-3-13(4-6-14)11-18-8-1-7-16(21,15(18)20)12-19-9-2-10-22-19/h3-6,21H,1-2,7-12H2. The molecule has 6 heteroatoms. The SMILES string of the molecule is O=C1N(Cc2ccc(F)cc2)CCCC1(O)CN1CCCO1. The Hall–Kier alpha value is -1.50. The largest absolute Gasteiger partial charge is 0.379 e. The number of hydrogen-bond acceptors (Lipinski definition) is 4. The first-order chi connectivity index (χ1) is 10.6. The van der Waals surface area contributed by atoms with E-state index >= 15 is 0 Å². The topological polar surface area (TPSA) is 53.0 Å². The Kier molecular flexibility index (Phi) is 4.42. The molecule has 5 nitrogen and oxygen atoms in total. The first-order valence-corrected chi connectivity index (χ1v) is 7.71. The number of hydroxylamine groups is 2. The Morgan fingerprint density at radius 1 is 1.23 bits per heavy atom. The molecule has 1 atom stereocenters. The summed E-state index contributed by atoms with van der Waals surface area (Å²) in [7, 11) is 0. The molecule has 2 fully saturated rings. The summed E-state index contributed by atoms with van der Waals surface area (Å²) in [5.41, 5.74) is -0.528. The van der Waals surface area contributed by atoms with Gasteiger partial charge in [-0.3, -0.25) is 9.63 Å². The van der Waals surface area contributed by atoms with E-state index in [9.17, 15) is 14.3 Å². The maximum Gasteiger partial charge on any atom is 0.256 e. The molecule has 0 spiro atoms. The van der Waals surface area contributed by atoms with Crippen LogP contribution < -0.4 is 0 Å². The van der Waals surface area contributed by atoms with Crippen molar-refractivity contribution in [3.8, 4) is 0 Å².